The fourth-order valence-corrected chi connectivity index (χ4v) is 3.21. The number of ether oxygens (including phenoxy) is 4. The number of benzene rings is 2. The van der Waals surface area contributed by atoms with Crippen molar-refractivity contribution in [1.82, 2.24) is 0 Å². The monoisotopic (exact) mass is 367 g/mol. The smallest absolute Gasteiger partial charge is 0.186 e. The van der Waals surface area contributed by atoms with Gasteiger partial charge in [-0.05, 0) is 11.1 Å². The molecule has 1 saturated heterocycles. The molecule has 0 amide bonds. The molecule has 0 aromatic heterocycles. The van der Waals surface area contributed by atoms with Crippen molar-refractivity contribution < 1.29 is 18.9 Å². The van der Waals surface area contributed by atoms with Gasteiger partial charge in [-0.1, -0.05) is 60.7 Å². The zero-order valence-electron chi connectivity index (χ0n) is 15.5. The Balaban J connectivity index is 1.69. The van der Waals surface area contributed by atoms with Crippen LogP contribution in [0, 0.1) is 11.3 Å². The molecule has 2 aromatic rings. The molecular weight excluding hydrogens is 342 g/mol. The second-order valence-electron chi connectivity index (χ2n) is 6.56. The molecule has 5 nitrogen and oxygen atoms in total. The Labute approximate surface area is 160 Å². The molecule has 0 unspecified atom stereocenters. The Kier molecular flexibility index (Phi) is 7.37. The van der Waals surface area contributed by atoms with Gasteiger partial charge >= 0.3 is 0 Å². The lowest BCUT2D eigenvalue weighted by molar-refractivity contribution is -0.279. The van der Waals surface area contributed by atoms with Crippen LogP contribution in [0.5, 0.6) is 0 Å². The molecule has 5 heteroatoms. The van der Waals surface area contributed by atoms with Gasteiger partial charge in [0.05, 0.1) is 37.9 Å². The molecule has 0 bridgehead atoms. The first-order valence-corrected chi connectivity index (χ1v) is 9.16. The normalized spacial score (nSPS) is 25.0. The third-order valence-corrected chi connectivity index (χ3v) is 4.60. The van der Waals surface area contributed by atoms with Crippen LogP contribution in [-0.2, 0) is 32.2 Å². The molecule has 0 N–H and O–H groups in total. The van der Waals surface area contributed by atoms with Crippen molar-refractivity contribution in [2.75, 3.05) is 7.11 Å². The first-order chi connectivity index (χ1) is 13.3. The molecule has 0 saturated carbocycles. The lowest BCUT2D eigenvalue weighted by Crippen LogP contribution is -2.51. The average molecular weight is 367 g/mol. The third kappa shape index (κ3) is 5.62. The van der Waals surface area contributed by atoms with Gasteiger partial charge < -0.3 is 18.9 Å². The predicted octanol–water partition coefficient (Wildman–Crippen LogP) is 3.83. The number of hydrogen-bond acceptors (Lipinski definition) is 5. The maximum Gasteiger partial charge on any atom is 0.186 e. The highest BCUT2D eigenvalue weighted by Gasteiger charge is 2.40. The Morgan fingerprint density at radius 1 is 0.963 bits per heavy atom. The molecule has 1 heterocycles. The van der Waals surface area contributed by atoms with Crippen molar-refractivity contribution in [2.45, 2.75) is 50.7 Å². The zero-order chi connectivity index (χ0) is 18.9. The van der Waals surface area contributed by atoms with Crippen LogP contribution in [0.3, 0.4) is 0 Å². The van der Waals surface area contributed by atoms with Crippen LogP contribution >= 0.6 is 0 Å². The molecule has 0 spiro atoms. The van der Waals surface area contributed by atoms with E-state index in [1.165, 1.54) is 0 Å². The molecule has 0 radical (unpaired) electrons. The highest BCUT2D eigenvalue weighted by Crippen LogP contribution is 2.28. The van der Waals surface area contributed by atoms with E-state index in [9.17, 15) is 0 Å². The minimum atomic E-state index is -0.568. The standard InChI is InChI=1S/C22H25NO4/c1-24-22-21(26-16-18-10-6-3-7-11-18)20(14-19(27-22)12-13-23)25-15-17-8-4-2-5-9-17/h2-11,19-22H,12,14-16H2,1H3/t19-,20+,21-,22+/m1/s1. The van der Waals surface area contributed by atoms with E-state index >= 15 is 0 Å². The minimum Gasteiger partial charge on any atom is -0.371 e. The number of nitriles is 1. The molecular formula is C22H25NO4. The van der Waals surface area contributed by atoms with Crippen molar-refractivity contribution in [1.29, 1.82) is 5.26 Å². The van der Waals surface area contributed by atoms with Gasteiger partial charge in [0, 0.05) is 13.5 Å². The summed E-state index contributed by atoms with van der Waals surface area (Å²) in [4.78, 5) is 0. The predicted molar refractivity (Wildman–Crippen MR) is 101 cm³/mol. The van der Waals surface area contributed by atoms with Crippen molar-refractivity contribution in [3.63, 3.8) is 0 Å². The summed E-state index contributed by atoms with van der Waals surface area (Å²) >= 11 is 0. The maximum atomic E-state index is 9.05. The van der Waals surface area contributed by atoms with E-state index < -0.39 is 6.29 Å². The van der Waals surface area contributed by atoms with Gasteiger partial charge in [0.1, 0.15) is 6.10 Å². The quantitative estimate of drug-likeness (QED) is 0.710. The number of rotatable bonds is 8. The number of nitrogens with zero attached hydrogens (tertiary/aromatic N) is 1. The van der Waals surface area contributed by atoms with Gasteiger partial charge in [-0.2, -0.15) is 5.26 Å². The summed E-state index contributed by atoms with van der Waals surface area (Å²) in [5, 5.41) is 9.05. The molecule has 2 aromatic carbocycles. The van der Waals surface area contributed by atoms with Gasteiger partial charge in [0.15, 0.2) is 6.29 Å². The maximum absolute atomic E-state index is 9.05. The summed E-state index contributed by atoms with van der Waals surface area (Å²) in [5.41, 5.74) is 2.17. The first-order valence-electron chi connectivity index (χ1n) is 9.16. The van der Waals surface area contributed by atoms with Crippen LogP contribution in [0.25, 0.3) is 0 Å². The average Bonchev–Trinajstić information content (AvgIpc) is 2.72. The Morgan fingerprint density at radius 3 is 2.11 bits per heavy atom. The molecule has 142 valence electrons. The van der Waals surface area contributed by atoms with Crippen molar-refractivity contribution >= 4 is 0 Å². The van der Waals surface area contributed by atoms with E-state index in [4.69, 9.17) is 24.2 Å². The van der Waals surface area contributed by atoms with Gasteiger partial charge in [-0.25, -0.2) is 0 Å². The minimum absolute atomic E-state index is 0.217. The first kappa shape index (κ1) is 19.5. The van der Waals surface area contributed by atoms with Crippen molar-refractivity contribution in [3.05, 3.63) is 71.8 Å². The summed E-state index contributed by atoms with van der Waals surface area (Å²) in [5.74, 6) is 0. The van der Waals surface area contributed by atoms with E-state index in [0.29, 0.717) is 26.1 Å². The van der Waals surface area contributed by atoms with Crippen LogP contribution in [0.2, 0.25) is 0 Å². The largest absolute Gasteiger partial charge is 0.371 e. The fraction of sp³-hybridized carbons (Fsp3) is 0.409. The molecule has 1 aliphatic heterocycles. The topological polar surface area (TPSA) is 60.7 Å². The second kappa shape index (κ2) is 10.2. The molecule has 27 heavy (non-hydrogen) atoms. The molecule has 0 aliphatic carbocycles. The van der Waals surface area contributed by atoms with Crippen LogP contribution in [-0.4, -0.2) is 31.7 Å². The Hall–Kier alpha value is -2.23. The highest BCUT2D eigenvalue weighted by molar-refractivity contribution is 5.14. The fourth-order valence-electron chi connectivity index (χ4n) is 3.21. The van der Waals surface area contributed by atoms with Gasteiger partial charge in [0.25, 0.3) is 0 Å². The van der Waals surface area contributed by atoms with Crippen molar-refractivity contribution in [2.24, 2.45) is 0 Å². The van der Waals surface area contributed by atoms with Crippen LogP contribution < -0.4 is 0 Å². The van der Waals surface area contributed by atoms with E-state index in [-0.39, 0.29) is 18.3 Å². The SMILES string of the molecule is CO[C@H]1O[C@H](CC#N)C[C@H](OCc2ccccc2)[C@H]1OCc1ccccc1. The second-order valence-corrected chi connectivity index (χ2v) is 6.56. The third-order valence-electron chi connectivity index (χ3n) is 4.60. The molecule has 3 rings (SSSR count). The summed E-state index contributed by atoms with van der Waals surface area (Å²) in [6.07, 6.45) is -0.477. The van der Waals surface area contributed by atoms with E-state index in [0.717, 1.165) is 11.1 Å². The number of hydrogen-bond donors (Lipinski definition) is 0. The van der Waals surface area contributed by atoms with Gasteiger partial charge in [-0.3, -0.25) is 0 Å². The lowest BCUT2D eigenvalue weighted by Gasteiger charge is -2.40. The summed E-state index contributed by atoms with van der Waals surface area (Å²) in [7, 11) is 1.59. The lowest BCUT2D eigenvalue weighted by atomic mass is 10.00. The highest BCUT2D eigenvalue weighted by atomic mass is 16.7. The summed E-state index contributed by atoms with van der Waals surface area (Å²) in [6, 6.07) is 22.2. The van der Waals surface area contributed by atoms with E-state index in [2.05, 4.69) is 6.07 Å². The zero-order valence-corrected chi connectivity index (χ0v) is 15.5. The van der Waals surface area contributed by atoms with Crippen LogP contribution in [0.4, 0.5) is 0 Å². The van der Waals surface area contributed by atoms with Gasteiger partial charge in [-0.15, -0.1) is 0 Å². The summed E-state index contributed by atoms with van der Waals surface area (Å²) in [6.45, 7) is 0.926. The van der Waals surface area contributed by atoms with Gasteiger partial charge in [0.2, 0.25) is 0 Å². The van der Waals surface area contributed by atoms with Crippen LogP contribution in [0.1, 0.15) is 24.0 Å². The molecule has 1 aliphatic rings. The molecule has 1 fully saturated rings. The summed E-state index contributed by atoms with van der Waals surface area (Å²) < 4.78 is 23.8. The molecule has 4 atom stereocenters. The Bertz CT molecular complexity index is 716. The number of methoxy groups -OCH3 is 1. The van der Waals surface area contributed by atoms with Crippen LogP contribution in [0.15, 0.2) is 60.7 Å². The Morgan fingerprint density at radius 2 is 1.56 bits per heavy atom. The van der Waals surface area contributed by atoms with E-state index in [1.54, 1.807) is 7.11 Å². The van der Waals surface area contributed by atoms with Crippen molar-refractivity contribution in [3.8, 4) is 6.07 Å². The van der Waals surface area contributed by atoms with E-state index in [1.807, 2.05) is 60.7 Å².